The van der Waals surface area contributed by atoms with Crippen LogP contribution in [0.3, 0.4) is 0 Å². The van der Waals surface area contributed by atoms with Gasteiger partial charge >= 0.3 is 0 Å². The van der Waals surface area contributed by atoms with Crippen molar-refractivity contribution in [3.05, 3.63) is 47.5 Å². The Kier molecular flexibility index (Phi) is 2.87. The van der Waals surface area contributed by atoms with Gasteiger partial charge in [0.05, 0.1) is 0 Å². The van der Waals surface area contributed by atoms with Gasteiger partial charge in [0, 0.05) is 6.61 Å². The smallest absolute Gasteiger partial charge is 0.0490 e. The molecule has 0 spiro atoms. The van der Waals surface area contributed by atoms with Crippen LogP contribution in [0.5, 0.6) is 0 Å². The second-order valence-electron chi connectivity index (χ2n) is 5.87. The average molecular weight is 240 g/mol. The Morgan fingerprint density at radius 2 is 1.78 bits per heavy atom. The van der Waals surface area contributed by atoms with Gasteiger partial charge in [-0.2, -0.15) is 0 Å². The lowest BCUT2D eigenvalue weighted by Gasteiger charge is -2.40. The first-order valence-electron chi connectivity index (χ1n) is 6.81. The van der Waals surface area contributed by atoms with Crippen LogP contribution in [0.4, 0.5) is 0 Å². The Morgan fingerprint density at radius 1 is 1.06 bits per heavy atom. The van der Waals surface area contributed by atoms with Gasteiger partial charge < -0.3 is 5.11 Å². The lowest BCUT2D eigenvalue weighted by Crippen LogP contribution is -2.35. The van der Waals surface area contributed by atoms with Gasteiger partial charge in [-0.3, -0.25) is 0 Å². The third-order valence-corrected chi connectivity index (χ3v) is 4.39. The maximum atomic E-state index is 9.55. The number of aliphatic hydroxyl groups is 1. The van der Waals surface area contributed by atoms with Crippen molar-refractivity contribution in [1.29, 1.82) is 0 Å². The number of rotatable bonds is 3. The minimum atomic E-state index is 0.179. The monoisotopic (exact) mass is 240 g/mol. The highest BCUT2D eigenvalue weighted by Crippen LogP contribution is 2.43. The summed E-state index contributed by atoms with van der Waals surface area (Å²) in [6.07, 6.45) is 4.64. The molecule has 18 heavy (non-hydrogen) atoms. The SMILES string of the molecule is Cc1ccc2cc(CC3(CO)CCC3)ccc2c1. The lowest BCUT2D eigenvalue weighted by molar-refractivity contribution is 0.0450. The standard InChI is InChI=1S/C17H20O/c1-13-3-5-16-10-14(4-6-15(16)9-13)11-17(12-18)7-2-8-17/h3-6,9-10,18H,2,7-8,11-12H2,1H3. The number of fused-ring (bicyclic) bond motifs is 1. The van der Waals surface area contributed by atoms with Crippen molar-refractivity contribution in [2.24, 2.45) is 5.41 Å². The summed E-state index contributed by atoms with van der Waals surface area (Å²) in [5, 5.41) is 12.2. The van der Waals surface area contributed by atoms with Crippen LogP contribution in [0.2, 0.25) is 0 Å². The molecule has 2 aromatic carbocycles. The van der Waals surface area contributed by atoms with Gasteiger partial charge in [-0.15, -0.1) is 0 Å². The van der Waals surface area contributed by atoms with Crippen molar-refractivity contribution >= 4 is 10.8 Å². The molecule has 0 amide bonds. The van der Waals surface area contributed by atoms with Crippen molar-refractivity contribution in [2.75, 3.05) is 6.61 Å². The topological polar surface area (TPSA) is 20.2 Å². The Bertz CT molecular complexity index is 561. The molecule has 0 bridgehead atoms. The molecule has 1 N–H and O–H groups in total. The molecule has 3 rings (SSSR count). The summed E-state index contributed by atoms with van der Waals surface area (Å²) in [5.41, 5.74) is 2.85. The van der Waals surface area contributed by atoms with Gasteiger partial charge in [0.25, 0.3) is 0 Å². The van der Waals surface area contributed by atoms with Crippen LogP contribution >= 0.6 is 0 Å². The summed E-state index contributed by atoms with van der Waals surface area (Å²) >= 11 is 0. The van der Waals surface area contributed by atoms with Crippen molar-refractivity contribution in [3.63, 3.8) is 0 Å². The zero-order chi connectivity index (χ0) is 12.6. The largest absolute Gasteiger partial charge is 0.396 e. The number of aryl methyl sites for hydroxylation is 1. The first-order chi connectivity index (χ1) is 8.71. The average Bonchev–Trinajstić information content (AvgIpc) is 2.34. The molecule has 2 aromatic rings. The number of hydrogen-bond acceptors (Lipinski definition) is 1. The first kappa shape index (κ1) is 11.7. The van der Waals surface area contributed by atoms with Crippen LogP contribution in [-0.4, -0.2) is 11.7 Å². The van der Waals surface area contributed by atoms with E-state index in [1.54, 1.807) is 0 Å². The summed E-state index contributed by atoms with van der Waals surface area (Å²) in [7, 11) is 0. The fraction of sp³-hybridized carbons (Fsp3) is 0.412. The van der Waals surface area contributed by atoms with Crippen LogP contribution in [0.1, 0.15) is 30.4 Å². The molecule has 1 nitrogen and oxygen atoms in total. The Morgan fingerprint density at radius 3 is 2.44 bits per heavy atom. The second-order valence-corrected chi connectivity index (χ2v) is 5.87. The zero-order valence-electron chi connectivity index (χ0n) is 10.9. The van der Waals surface area contributed by atoms with E-state index in [4.69, 9.17) is 0 Å². The van der Waals surface area contributed by atoms with Gasteiger partial charge in [0.1, 0.15) is 0 Å². The third-order valence-electron chi connectivity index (χ3n) is 4.39. The summed E-state index contributed by atoms with van der Waals surface area (Å²) in [5.74, 6) is 0. The first-order valence-corrected chi connectivity index (χ1v) is 6.81. The van der Waals surface area contributed by atoms with E-state index in [0.29, 0.717) is 6.61 Å². The van der Waals surface area contributed by atoms with E-state index in [0.717, 1.165) is 6.42 Å². The summed E-state index contributed by atoms with van der Waals surface area (Å²) < 4.78 is 0. The van der Waals surface area contributed by atoms with Gasteiger partial charge in [-0.1, -0.05) is 48.4 Å². The molecule has 0 heterocycles. The molecule has 0 aromatic heterocycles. The molecule has 0 atom stereocenters. The second kappa shape index (κ2) is 4.40. The molecule has 0 aliphatic heterocycles. The molecule has 0 radical (unpaired) electrons. The van der Waals surface area contributed by atoms with Crippen molar-refractivity contribution in [1.82, 2.24) is 0 Å². The van der Waals surface area contributed by atoms with Crippen LogP contribution in [-0.2, 0) is 6.42 Å². The Balaban J connectivity index is 1.91. The fourth-order valence-corrected chi connectivity index (χ4v) is 3.03. The predicted octanol–water partition coefficient (Wildman–Crippen LogP) is 3.85. The molecule has 1 aliphatic carbocycles. The van der Waals surface area contributed by atoms with Crippen molar-refractivity contribution in [3.8, 4) is 0 Å². The molecule has 1 aliphatic rings. The Hall–Kier alpha value is -1.34. The van der Waals surface area contributed by atoms with E-state index in [1.165, 1.54) is 41.2 Å². The van der Waals surface area contributed by atoms with Crippen LogP contribution in [0, 0.1) is 12.3 Å². The number of aliphatic hydroxyl groups excluding tert-OH is 1. The van der Waals surface area contributed by atoms with Gasteiger partial charge in [-0.25, -0.2) is 0 Å². The highest BCUT2D eigenvalue weighted by atomic mass is 16.3. The molecular formula is C17H20O. The van der Waals surface area contributed by atoms with Crippen LogP contribution in [0.25, 0.3) is 10.8 Å². The maximum absolute atomic E-state index is 9.55. The van der Waals surface area contributed by atoms with Crippen LogP contribution in [0.15, 0.2) is 36.4 Å². The van der Waals surface area contributed by atoms with E-state index < -0.39 is 0 Å². The van der Waals surface area contributed by atoms with E-state index in [9.17, 15) is 5.11 Å². The highest BCUT2D eigenvalue weighted by molar-refractivity contribution is 5.83. The molecule has 1 heteroatoms. The van der Waals surface area contributed by atoms with E-state index >= 15 is 0 Å². The third kappa shape index (κ3) is 2.04. The molecular weight excluding hydrogens is 220 g/mol. The molecule has 1 saturated carbocycles. The van der Waals surface area contributed by atoms with Gasteiger partial charge in [0.2, 0.25) is 0 Å². The highest BCUT2D eigenvalue weighted by Gasteiger charge is 2.36. The molecule has 0 saturated heterocycles. The molecule has 0 unspecified atom stereocenters. The normalized spacial score (nSPS) is 17.7. The summed E-state index contributed by atoms with van der Waals surface area (Å²) in [4.78, 5) is 0. The van der Waals surface area contributed by atoms with E-state index in [1.807, 2.05) is 0 Å². The number of benzene rings is 2. The summed E-state index contributed by atoms with van der Waals surface area (Å²) in [6, 6.07) is 13.3. The minimum absolute atomic E-state index is 0.179. The van der Waals surface area contributed by atoms with E-state index in [2.05, 4.69) is 43.3 Å². The molecule has 1 fully saturated rings. The van der Waals surface area contributed by atoms with Gasteiger partial charge in [-0.05, 0) is 47.9 Å². The zero-order valence-corrected chi connectivity index (χ0v) is 10.9. The molecule has 94 valence electrons. The lowest BCUT2D eigenvalue weighted by atomic mass is 9.66. The van der Waals surface area contributed by atoms with E-state index in [-0.39, 0.29) is 5.41 Å². The Labute approximate surface area is 108 Å². The predicted molar refractivity (Wildman–Crippen MR) is 75.8 cm³/mol. The maximum Gasteiger partial charge on any atom is 0.0490 e. The number of hydrogen-bond donors (Lipinski definition) is 1. The van der Waals surface area contributed by atoms with Crippen molar-refractivity contribution in [2.45, 2.75) is 32.6 Å². The van der Waals surface area contributed by atoms with Crippen LogP contribution < -0.4 is 0 Å². The summed E-state index contributed by atoms with van der Waals surface area (Å²) in [6.45, 7) is 2.46. The fourth-order valence-electron chi connectivity index (χ4n) is 3.03. The van der Waals surface area contributed by atoms with Crippen molar-refractivity contribution < 1.29 is 5.11 Å². The minimum Gasteiger partial charge on any atom is -0.396 e. The quantitative estimate of drug-likeness (QED) is 0.864. The van der Waals surface area contributed by atoms with Gasteiger partial charge in [0.15, 0.2) is 0 Å².